The van der Waals surface area contributed by atoms with Crippen LogP contribution in [0.15, 0.2) is 30.3 Å². The predicted octanol–water partition coefficient (Wildman–Crippen LogP) is 0.946. The molecule has 27 heavy (non-hydrogen) atoms. The van der Waals surface area contributed by atoms with E-state index in [1.165, 1.54) is 11.8 Å². The fourth-order valence-electron chi connectivity index (χ4n) is 3.88. The summed E-state index contributed by atoms with van der Waals surface area (Å²) in [6, 6.07) is 9.49. The number of hydrogen-bond donors (Lipinski definition) is 3. The summed E-state index contributed by atoms with van der Waals surface area (Å²) in [5.41, 5.74) is 5.53. The number of hydrogen-bond acceptors (Lipinski definition) is 4. The van der Waals surface area contributed by atoms with Crippen molar-refractivity contribution in [2.75, 3.05) is 6.54 Å². The molecule has 1 aliphatic rings. The van der Waals surface area contributed by atoms with Crippen LogP contribution in [0.3, 0.4) is 0 Å². The van der Waals surface area contributed by atoms with E-state index < -0.39 is 23.5 Å². The van der Waals surface area contributed by atoms with E-state index in [1.54, 1.807) is 6.92 Å². The molecule has 0 bridgehead atoms. The van der Waals surface area contributed by atoms with E-state index in [0.717, 1.165) is 5.56 Å². The van der Waals surface area contributed by atoms with Gasteiger partial charge in [0.25, 0.3) is 0 Å². The number of carbonyl (C=O) groups is 3. The number of nitrogens with zero attached hydrogens (tertiary/aromatic N) is 1. The maximum atomic E-state index is 12.6. The van der Waals surface area contributed by atoms with Crippen molar-refractivity contribution in [3.05, 3.63) is 35.9 Å². The molecule has 1 aromatic carbocycles. The summed E-state index contributed by atoms with van der Waals surface area (Å²) < 4.78 is 0. The molecule has 7 nitrogen and oxygen atoms in total. The van der Waals surface area contributed by atoms with E-state index in [0.29, 0.717) is 25.9 Å². The van der Waals surface area contributed by atoms with E-state index in [9.17, 15) is 19.5 Å². The molecule has 1 heterocycles. The molecule has 4 N–H and O–H groups in total. The lowest BCUT2D eigenvalue weighted by Gasteiger charge is -2.36. The Kier molecular flexibility index (Phi) is 6.96. The van der Waals surface area contributed by atoms with Gasteiger partial charge < -0.3 is 21.1 Å². The molecule has 1 unspecified atom stereocenters. The largest absolute Gasteiger partial charge is 0.393 e. The van der Waals surface area contributed by atoms with E-state index in [4.69, 9.17) is 5.73 Å². The monoisotopic (exact) mass is 375 g/mol. The Bertz CT molecular complexity index is 677. The number of nitrogens with two attached hydrogens (primary N) is 1. The maximum Gasteiger partial charge on any atom is 0.243 e. The van der Waals surface area contributed by atoms with Gasteiger partial charge in [0.15, 0.2) is 0 Å². The average molecular weight is 375 g/mol. The van der Waals surface area contributed by atoms with Gasteiger partial charge in [-0.3, -0.25) is 14.4 Å². The number of benzene rings is 1. The lowest BCUT2D eigenvalue weighted by atomic mass is 9.84. The molecule has 3 atom stereocenters. The van der Waals surface area contributed by atoms with Crippen LogP contribution >= 0.6 is 0 Å². The third kappa shape index (κ3) is 4.86. The van der Waals surface area contributed by atoms with Crippen LogP contribution in [-0.2, 0) is 20.9 Å². The Hall–Kier alpha value is -2.41. The molecule has 2 rings (SSSR count). The van der Waals surface area contributed by atoms with Crippen LogP contribution in [0.4, 0.5) is 0 Å². The standard InChI is InChI=1S/C20H29N3O4/c1-14(24)17(18(26)22-13-16-7-4-3-5-8-16)9-11-20(19(21)27)10-6-12-23(20)15(2)25/h3-5,7-8,14,17,24H,6,9-13H2,1-2H3,(H2,21,27)(H,22,26)/t14-,17+,20?/m1/s1. The zero-order valence-corrected chi connectivity index (χ0v) is 16.0. The molecule has 1 aliphatic heterocycles. The average Bonchev–Trinajstić information content (AvgIpc) is 3.06. The summed E-state index contributed by atoms with van der Waals surface area (Å²) in [7, 11) is 0. The van der Waals surface area contributed by atoms with E-state index in [2.05, 4.69) is 5.32 Å². The minimum absolute atomic E-state index is 0.201. The summed E-state index contributed by atoms with van der Waals surface area (Å²) in [5.74, 6) is -1.71. The zero-order valence-electron chi connectivity index (χ0n) is 16.0. The molecule has 0 radical (unpaired) electrons. The molecule has 1 aromatic rings. The number of aliphatic hydroxyl groups is 1. The van der Waals surface area contributed by atoms with Crippen LogP contribution in [-0.4, -0.2) is 45.9 Å². The molecule has 1 saturated heterocycles. The Labute approximate surface area is 159 Å². The highest BCUT2D eigenvalue weighted by atomic mass is 16.3. The van der Waals surface area contributed by atoms with Gasteiger partial charge in [-0.25, -0.2) is 0 Å². The number of carbonyl (C=O) groups excluding carboxylic acids is 3. The van der Waals surface area contributed by atoms with Gasteiger partial charge in [-0.15, -0.1) is 0 Å². The highest BCUT2D eigenvalue weighted by Crippen LogP contribution is 2.35. The number of rotatable bonds is 8. The zero-order chi connectivity index (χ0) is 20.0. The van der Waals surface area contributed by atoms with Crippen molar-refractivity contribution in [3.63, 3.8) is 0 Å². The summed E-state index contributed by atoms with van der Waals surface area (Å²) >= 11 is 0. The highest BCUT2D eigenvalue weighted by molar-refractivity contribution is 5.90. The number of primary amides is 1. The Morgan fingerprint density at radius 3 is 2.52 bits per heavy atom. The number of nitrogens with one attached hydrogen (secondary N) is 1. The van der Waals surface area contributed by atoms with Crippen molar-refractivity contribution in [1.82, 2.24) is 10.2 Å². The molecule has 3 amide bonds. The van der Waals surface area contributed by atoms with Crippen molar-refractivity contribution in [2.24, 2.45) is 11.7 Å². The first-order valence-electron chi connectivity index (χ1n) is 9.36. The molecular formula is C20H29N3O4. The van der Waals surface area contributed by atoms with Crippen LogP contribution in [0.5, 0.6) is 0 Å². The van der Waals surface area contributed by atoms with Crippen LogP contribution in [0.25, 0.3) is 0 Å². The van der Waals surface area contributed by atoms with Crippen LogP contribution in [0, 0.1) is 5.92 Å². The number of aliphatic hydroxyl groups excluding tert-OH is 1. The van der Waals surface area contributed by atoms with Crippen molar-refractivity contribution < 1.29 is 19.5 Å². The fourth-order valence-corrected chi connectivity index (χ4v) is 3.88. The van der Waals surface area contributed by atoms with Gasteiger partial charge in [-0.05, 0) is 38.2 Å². The third-order valence-corrected chi connectivity index (χ3v) is 5.43. The summed E-state index contributed by atoms with van der Waals surface area (Å²) in [6.07, 6.45) is 0.835. The Morgan fingerprint density at radius 1 is 1.30 bits per heavy atom. The Morgan fingerprint density at radius 2 is 1.96 bits per heavy atom. The van der Waals surface area contributed by atoms with E-state index >= 15 is 0 Å². The molecule has 1 fully saturated rings. The predicted molar refractivity (Wildman–Crippen MR) is 101 cm³/mol. The normalized spacial score (nSPS) is 21.5. The molecule has 0 spiro atoms. The van der Waals surface area contributed by atoms with Gasteiger partial charge in [0.1, 0.15) is 5.54 Å². The first-order chi connectivity index (χ1) is 12.8. The lowest BCUT2D eigenvalue weighted by molar-refractivity contribution is -0.143. The molecule has 7 heteroatoms. The van der Waals surface area contributed by atoms with Gasteiger partial charge in [-0.2, -0.15) is 0 Å². The SMILES string of the molecule is CC(=O)N1CCCC1(CC[C@H](C(=O)NCc1ccccc1)[C@@H](C)O)C(N)=O. The minimum atomic E-state index is -1.07. The van der Waals surface area contributed by atoms with Gasteiger partial charge in [-0.1, -0.05) is 30.3 Å². The second-order valence-electron chi connectivity index (χ2n) is 7.26. The second kappa shape index (κ2) is 8.99. The van der Waals surface area contributed by atoms with Gasteiger partial charge >= 0.3 is 0 Å². The first kappa shape index (κ1) is 20.9. The number of likely N-dealkylation sites (tertiary alicyclic amines) is 1. The van der Waals surface area contributed by atoms with Crippen molar-refractivity contribution in [2.45, 2.75) is 57.7 Å². The van der Waals surface area contributed by atoms with Crippen LogP contribution in [0.1, 0.15) is 45.1 Å². The van der Waals surface area contributed by atoms with Crippen molar-refractivity contribution >= 4 is 17.7 Å². The van der Waals surface area contributed by atoms with Crippen molar-refractivity contribution in [3.8, 4) is 0 Å². The summed E-state index contributed by atoms with van der Waals surface area (Å²) in [4.78, 5) is 38.2. The van der Waals surface area contributed by atoms with Crippen molar-refractivity contribution in [1.29, 1.82) is 0 Å². The summed E-state index contributed by atoms with van der Waals surface area (Å²) in [6.45, 7) is 3.82. The molecule has 0 aromatic heterocycles. The maximum absolute atomic E-state index is 12.6. The molecule has 148 valence electrons. The lowest BCUT2D eigenvalue weighted by Crippen LogP contribution is -2.56. The van der Waals surface area contributed by atoms with Gasteiger partial charge in [0, 0.05) is 20.0 Å². The van der Waals surface area contributed by atoms with Crippen LogP contribution < -0.4 is 11.1 Å². The van der Waals surface area contributed by atoms with E-state index in [-0.39, 0.29) is 24.7 Å². The topological polar surface area (TPSA) is 113 Å². The molecule has 0 aliphatic carbocycles. The second-order valence-corrected chi connectivity index (χ2v) is 7.26. The third-order valence-electron chi connectivity index (χ3n) is 5.43. The van der Waals surface area contributed by atoms with Gasteiger partial charge in [0.05, 0.1) is 12.0 Å². The smallest absolute Gasteiger partial charge is 0.243 e. The first-order valence-corrected chi connectivity index (χ1v) is 9.36. The quantitative estimate of drug-likeness (QED) is 0.628. The Balaban J connectivity index is 2.05. The molecular weight excluding hydrogens is 346 g/mol. The number of amides is 3. The van der Waals surface area contributed by atoms with Crippen LogP contribution in [0.2, 0.25) is 0 Å². The fraction of sp³-hybridized carbons (Fsp3) is 0.550. The van der Waals surface area contributed by atoms with E-state index in [1.807, 2.05) is 30.3 Å². The molecule has 0 saturated carbocycles. The van der Waals surface area contributed by atoms with Gasteiger partial charge in [0.2, 0.25) is 17.7 Å². The minimum Gasteiger partial charge on any atom is -0.393 e. The highest BCUT2D eigenvalue weighted by Gasteiger charge is 2.47. The summed E-state index contributed by atoms with van der Waals surface area (Å²) in [5, 5.41) is 12.9.